The molecule has 0 aliphatic heterocycles. The summed E-state index contributed by atoms with van der Waals surface area (Å²) in [5.74, 6) is -1.01. The number of nitrogens with zero attached hydrogens (tertiary/aromatic N) is 2. The molecule has 0 spiro atoms. The minimum atomic E-state index is -1.01. The average Bonchev–Trinajstić information content (AvgIpc) is 2.46. The van der Waals surface area contributed by atoms with Gasteiger partial charge in [-0.25, -0.2) is 9.78 Å². The summed E-state index contributed by atoms with van der Waals surface area (Å²) in [4.78, 5) is 14.5. The van der Waals surface area contributed by atoms with Crippen molar-refractivity contribution < 1.29 is 9.90 Å². The highest BCUT2D eigenvalue weighted by molar-refractivity contribution is 9.10. The number of aromatic nitrogens is 2. The van der Waals surface area contributed by atoms with E-state index in [1.165, 1.54) is 6.33 Å². The smallest absolute Gasteiger partial charge is 0.356 e. The second-order valence-corrected chi connectivity index (χ2v) is 3.45. The minimum Gasteiger partial charge on any atom is -0.476 e. The predicted octanol–water partition coefficient (Wildman–Crippen LogP) is 1.79. The third kappa shape index (κ3) is 1.31. The van der Waals surface area contributed by atoms with Crippen LogP contribution >= 0.6 is 15.9 Å². The maximum atomic E-state index is 10.7. The highest BCUT2D eigenvalue weighted by atomic mass is 79.9. The number of hydrogen-bond acceptors (Lipinski definition) is 2. The third-order valence-corrected chi connectivity index (χ3v) is 2.17. The Morgan fingerprint density at radius 3 is 3.00 bits per heavy atom. The molecule has 5 heteroatoms. The quantitative estimate of drug-likeness (QED) is 0.828. The fourth-order valence-corrected chi connectivity index (χ4v) is 1.49. The standard InChI is InChI=1S/C8H5BrN2O2/c9-5-1-2-6-7(8(12)13)10-4-11(6)3-5/h1-4H,(H,12,13). The van der Waals surface area contributed by atoms with E-state index in [0.717, 1.165) is 4.47 Å². The molecule has 0 radical (unpaired) electrons. The molecule has 0 amide bonds. The summed E-state index contributed by atoms with van der Waals surface area (Å²) in [6.45, 7) is 0. The van der Waals surface area contributed by atoms with Gasteiger partial charge in [-0.2, -0.15) is 0 Å². The summed E-state index contributed by atoms with van der Waals surface area (Å²) < 4.78 is 2.54. The summed E-state index contributed by atoms with van der Waals surface area (Å²) >= 11 is 3.28. The molecular formula is C8H5BrN2O2. The van der Waals surface area contributed by atoms with Crippen molar-refractivity contribution >= 4 is 27.4 Å². The van der Waals surface area contributed by atoms with Crippen LogP contribution in [0.2, 0.25) is 0 Å². The molecule has 2 aromatic heterocycles. The van der Waals surface area contributed by atoms with E-state index in [0.29, 0.717) is 5.52 Å². The number of pyridine rings is 1. The lowest BCUT2D eigenvalue weighted by Crippen LogP contribution is -1.97. The van der Waals surface area contributed by atoms with Gasteiger partial charge in [0, 0.05) is 10.7 Å². The summed E-state index contributed by atoms with van der Waals surface area (Å²) in [5, 5.41) is 8.75. The summed E-state index contributed by atoms with van der Waals surface area (Å²) in [6, 6.07) is 3.49. The van der Waals surface area contributed by atoms with Gasteiger partial charge in [-0.05, 0) is 28.1 Å². The Kier molecular flexibility index (Phi) is 1.81. The van der Waals surface area contributed by atoms with Crippen molar-refractivity contribution in [2.45, 2.75) is 0 Å². The van der Waals surface area contributed by atoms with Crippen LogP contribution in [-0.2, 0) is 0 Å². The van der Waals surface area contributed by atoms with Gasteiger partial charge in [0.1, 0.15) is 6.33 Å². The first kappa shape index (κ1) is 8.25. The van der Waals surface area contributed by atoms with E-state index >= 15 is 0 Å². The fourth-order valence-electron chi connectivity index (χ4n) is 1.14. The van der Waals surface area contributed by atoms with Crippen LogP contribution in [0.15, 0.2) is 29.1 Å². The molecule has 1 N–H and O–H groups in total. The molecule has 0 saturated heterocycles. The van der Waals surface area contributed by atoms with Gasteiger partial charge in [-0.3, -0.25) is 0 Å². The number of carboxylic acid groups (broad SMARTS) is 1. The number of imidazole rings is 1. The summed E-state index contributed by atoms with van der Waals surface area (Å²) in [5.41, 5.74) is 0.670. The van der Waals surface area contributed by atoms with Crippen LogP contribution in [-0.4, -0.2) is 20.5 Å². The monoisotopic (exact) mass is 240 g/mol. The van der Waals surface area contributed by atoms with E-state index in [1.54, 1.807) is 22.7 Å². The van der Waals surface area contributed by atoms with Crippen molar-refractivity contribution in [3.05, 3.63) is 34.8 Å². The Labute approximate surface area is 82.0 Å². The van der Waals surface area contributed by atoms with Crippen LogP contribution in [0.4, 0.5) is 0 Å². The van der Waals surface area contributed by atoms with Crippen molar-refractivity contribution in [2.24, 2.45) is 0 Å². The highest BCUT2D eigenvalue weighted by Gasteiger charge is 2.10. The Morgan fingerprint density at radius 2 is 2.31 bits per heavy atom. The first-order chi connectivity index (χ1) is 6.18. The van der Waals surface area contributed by atoms with E-state index in [1.807, 2.05) is 0 Å². The average molecular weight is 241 g/mol. The lowest BCUT2D eigenvalue weighted by Gasteiger charge is -1.94. The third-order valence-electron chi connectivity index (χ3n) is 1.70. The summed E-state index contributed by atoms with van der Waals surface area (Å²) in [6.07, 6.45) is 3.23. The maximum Gasteiger partial charge on any atom is 0.356 e. The van der Waals surface area contributed by atoms with Crippen LogP contribution in [0.3, 0.4) is 0 Å². The second kappa shape index (κ2) is 2.85. The molecule has 66 valence electrons. The van der Waals surface area contributed by atoms with Crippen molar-refractivity contribution in [2.75, 3.05) is 0 Å². The number of halogens is 1. The van der Waals surface area contributed by atoms with Crippen LogP contribution in [0, 0.1) is 0 Å². The van der Waals surface area contributed by atoms with Crippen molar-refractivity contribution in [1.29, 1.82) is 0 Å². The zero-order valence-electron chi connectivity index (χ0n) is 6.44. The van der Waals surface area contributed by atoms with Crippen molar-refractivity contribution in [3.8, 4) is 0 Å². The van der Waals surface area contributed by atoms with Crippen molar-refractivity contribution in [1.82, 2.24) is 9.38 Å². The normalized spacial score (nSPS) is 10.5. The molecule has 0 aromatic carbocycles. The van der Waals surface area contributed by atoms with Crippen LogP contribution in [0.25, 0.3) is 5.52 Å². The molecule has 13 heavy (non-hydrogen) atoms. The van der Waals surface area contributed by atoms with Gasteiger partial charge < -0.3 is 9.51 Å². The Morgan fingerprint density at radius 1 is 1.54 bits per heavy atom. The molecule has 0 atom stereocenters. The topological polar surface area (TPSA) is 54.6 Å². The molecule has 0 aliphatic rings. The molecule has 2 heterocycles. The molecule has 0 bridgehead atoms. The first-order valence-electron chi connectivity index (χ1n) is 3.54. The van der Waals surface area contributed by atoms with Gasteiger partial charge in [-0.1, -0.05) is 0 Å². The van der Waals surface area contributed by atoms with E-state index in [9.17, 15) is 4.79 Å². The lowest BCUT2D eigenvalue weighted by molar-refractivity contribution is 0.0693. The Balaban J connectivity index is 2.76. The van der Waals surface area contributed by atoms with Gasteiger partial charge in [0.15, 0.2) is 5.69 Å². The SMILES string of the molecule is O=C(O)c1ncn2cc(Br)ccc12. The molecule has 0 unspecified atom stereocenters. The van der Waals surface area contributed by atoms with Gasteiger partial charge >= 0.3 is 5.97 Å². The van der Waals surface area contributed by atoms with E-state index in [2.05, 4.69) is 20.9 Å². The number of rotatable bonds is 1. The zero-order chi connectivity index (χ0) is 9.42. The van der Waals surface area contributed by atoms with Gasteiger partial charge in [0.25, 0.3) is 0 Å². The highest BCUT2D eigenvalue weighted by Crippen LogP contribution is 2.14. The Hall–Kier alpha value is -1.36. The Bertz CT molecular complexity index is 478. The number of aromatic carboxylic acids is 1. The molecule has 0 fully saturated rings. The van der Waals surface area contributed by atoms with Gasteiger partial charge in [0.2, 0.25) is 0 Å². The van der Waals surface area contributed by atoms with E-state index in [4.69, 9.17) is 5.11 Å². The second-order valence-electron chi connectivity index (χ2n) is 2.54. The predicted molar refractivity (Wildman–Crippen MR) is 49.9 cm³/mol. The minimum absolute atomic E-state index is 0.0764. The molecule has 2 rings (SSSR count). The number of hydrogen-bond donors (Lipinski definition) is 1. The summed E-state index contributed by atoms with van der Waals surface area (Å²) in [7, 11) is 0. The first-order valence-corrected chi connectivity index (χ1v) is 4.33. The molecule has 2 aromatic rings. The fraction of sp³-hybridized carbons (Fsp3) is 0. The number of carboxylic acids is 1. The molecule has 0 aliphatic carbocycles. The molecule has 4 nitrogen and oxygen atoms in total. The van der Waals surface area contributed by atoms with Crippen molar-refractivity contribution in [3.63, 3.8) is 0 Å². The number of carbonyl (C=O) groups is 1. The largest absolute Gasteiger partial charge is 0.476 e. The lowest BCUT2D eigenvalue weighted by atomic mass is 10.3. The zero-order valence-corrected chi connectivity index (χ0v) is 8.02. The van der Waals surface area contributed by atoms with Gasteiger partial charge in [-0.15, -0.1) is 0 Å². The maximum absolute atomic E-state index is 10.7. The van der Waals surface area contributed by atoms with Gasteiger partial charge in [0.05, 0.1) is 5.52 Å². The van der Waals surface area contributed by atoms with Crippen LogP contribution < -0.4 is 0 Å². The number of fused-ring (bicyclic) bond motifs is 1. The van der Waals surface area contributed by atoms with Crippen LogP contribution in [0.5, 0.6) is 0 Å². The van der Waals surface area contributed by atoms with E-state index in [-0.39, 0.29) is 5.69 Å². The van der Waals surface area contributed by atoms with Crippen LogP contribution in [0.1, 0.15) is 10.5 Å². The molecule has 0 saturated carbocycles. The van der Waals surface area contributed by atoms with E-state index < -0.39 is 5.97 Å². The molecular weight excluding hydrogens is 236 g/mol.